The molecule has 1 aromatic carbocycles. The number of carbonyl (C=O) groups excluding carboxylic acids is 1. The summed E-state index contributed by atoms with van der Waals surface area (Å²) in [5.74, 6) is 0.198. The van der Waals surface area contributed by atoms with Crippen molar-refractivity contribution in [1.82, 2.24) is 9.80 Å². The first-order valence-corrected chi connectivity index (χ1v) is 8.32. The lowest BCUT2D eigenvalue weighted by Gasteiger charge is -2.36. The van der Waals surface area contributed by atoms with Gasteiger partial charge in [0.05, 0.1) is 0 Å². The zero-order chi connectivity index (χ0) is 15.5. The molecule has 120 valence electrons. The Bertz CT molecular complexity index is 530. The van der Waals surface area contributed by atoms with Crippen LogP contribution in [0.3, 0.4) is 0 Å². The molecular weight excluding hydrogens is 276 g/mol. The molecule has 4 nitrogen and oxygen atoms in total. The lowest BCUT2D eigenvalue weighted by Crippen LogP contribution is -2.51. The third kappa shape index (κ3) is 3.50. The van der Waals surface area contributed by atoms with Crippen molar-refractivity contribution in [2.45, 2.75) is 39.3 Å². The Balaban J connectivity index is 1.53. The molecule has 3 rings (SSSR count). The second kappa shape index (κ2) is 6.80. The van der Waals surface area contributed by atoms with Crippen LogP contribution in [0.4, 0.5) is 0 Å². The fourth-order valence-electron chi connectivity index (χ4n) is 3.31. The normalized spacial score (nSPS) is 23.0. The Labute approximate surface area is 133 Å². The van der Waals surface area contributed by atoms with Gasteiger partial charge in [-0.25, -0.2) is 0 Å². The summed E-state index contributed by atoms with van der Waals surface area (Å²) in [6.07, 6.45) is 1.73. The van der Waals surface area contributed by atoms with Gasteiger partial charge in [-0.1, -0.05) is 23.8 Å². The van der Waals surface area contributed by atoms with E-state index in [1.807, 2.05) is 4.90 Å². The van der Waals surface area contributed by atoms with Crippen LogP contribution in [0, 0.1) is 13.8 Å². The highest BCUT2D eigenvalue weighted by Gasteiger charge is 2.30. The summed E-state index contributed by atoms with van der Waals surface area (Å²) < 4.78 is 5.51. The fourth-order valence-corrected chi connectivity index (χ4v) is 3.31. The van der Waals surface area contributed by atoms with Crippen molar-refractivity contribution in [1.29, 1.82) is 0 Å². The molecule has 2 aliphatic rings. The van der Waals surface area contributed by atoms with Gasteiger partial charge in [-0.05, 0) is 37.8 Å². The van der Waals surface area contributed by atoms with Gasteiger partial charge in [0.25, 0.3) is 5.91 Å². The molecule has 2 heterocycles. The highest BCUT2D eigenvalue weighted by atomic mass is 16.5. The molecule has 0 aliphatic carbocycles. The van der Waals surface area contributed by atoms with E-state index in [4.69, 9.17) is 4.74 Å². The van der Waals surface area contributed by atoms with Gasteiger partial charge in [-0.3, -0.25) is 9.69 Å². The van der Waals surface area contributed by atoms with E-state index in [9.17, 15) is 4.79 Å². The molecule has 1 unspecified atom stereocenters. The molecule has 2 saturated heterocycles. The zero-order valence-electron chi connectivity index (χ0n) is 13.7. The Hall–Kier alpha value is -1.39. The number of hydrogen-bond donors (Lipinski definition) is 0. The predicted molar refractivity (Wildman–Crippen MR) is 86.7 cm³/mol. The lowest BCUT2D eigenvalue weighted by atomic mass is 10.0. The molecule has 0 bridgehead atoms. The van der Waals surface area contributed by atoms with Crippen LogP contribution in [0.25, 0.3) is 0 Å². The minimum atomic E-state index is -0.175. The third-order valence-electron chi connectivity index (χ3n) is 4.79. The average Bonchev–Trinajstić information content (AvgIpc) is 3.05. The van der Waals surface area contributed by atoms with Crippen LogP contribution in [0.2, 0.25) is 0 Å². The van der Waals surface area contributed by atoms with Crippen LogP contribution >= 0.6 is 0 Å². The second-order valence-corrected chi connectivity index (χ2v) is 6.53. The average molecular weight is 302 g/mol. The highest BCUT2D eigenvalue weighted by Crippen LogP contribution is 2.18. The number of ether oxygens (including phenoxy) is 1. The number of hydrogen-bond acceptors (Lipinski definition) is 3. The lowest BCUT2D eigenvalue weighted by molar-refractivity contribution is -0.142. The van der Waals surface area contributed by atoms with Crippen LogP contribution in [0.5, 0.6) is 0 Å². The Morgan fingerprint density at radius 3 is 2.68 bits per heavy atom. The fraction of sp³-hybridized carbons (Fsp3) is 0.611. The van der Waals surface area contributed by atoms with Crippen LogP contribution in [0.1, 0.15) is 29.5 Å². The number of rotatable bonds is 3. The Morgan fingerprint density at radius 1 is 1.23 bits per heavy atom. The van der Waals surface area contributed by atoms with E-state index in [2.05, 4.69) is 36.9 Å². The predicted octanol–water partition coefficient (Wildman–Crippen LogP) is 2.13. The van der Waals surface area contributed by atoms with E-state index in [0.29, 0.717) is 0 Å². The third-order valence-corrected chi connectivity index (χ3v) is 4.79. The molecule has 2 fully saturated rings. The van der Waals surface area contributed by atoms with Gasteiger partial charge in [0.1, 0.15) is 6.10 Å². The first-order valence-electron chi connectivity index (χ1n) is 8.32. The van der Waals surface area contributed by atoms with E-state index in [1.54, 1.807) is 0 Å². The first kappa shape index (κ1) is 15.5. The van der Waals surface area contributed by atoms with Crippen molar-refractivity contribution >= 4 is 5.91 Å². The number of nitrogens with zero attached hydrogens (tertiary/aromatic N) is 2. The molecule has 1 amide bonds. The molecule has 1 aromatic rings. The van der Waals surface area contributed by atoms with E-state index < -0.39 is 0 Å². The standard InChI is InChI=1S/C18H26N2O2/c1-14-5-6-15(2)16(12-14)13-19-7-9-20(10-8-19)18(21)17-4-3-11-22-17/h5-6,12,17H,3-4,7-11,13H2,1-2H3. The number of amides is 1. The molecule has 0 radical (unpaired) electrons. The minimum absolute atomic E-state index is 0.175. The topological polar surface area (TPSA) is 32.8 Å². The zero-order valence-corrected chi connectivity index (χ0v) is 13.7. The molecule has 0 saturated carbocycles. The quantitative estimate of drug-likeness (QED) is 0.857. The summed E-state index contributed by atoms with van der Waals surface area (Å²) in [6, 6.07) is 6.64. The summed E-state index contributed by atoms with van der Waals surface area (Å²) in [5.41, 5.74) is 4.06. The molecule has 2 aliphatic heterocycles. The smallest absolute Gasteiger partial charge is 0.251 e. The summed E-state index contributed by atoms with van der Waals surface area (Å²) in [7, 11) is 0. The van der Waals surface area contributed by atoms with Crippen LogP contribution < -0.4 is 0 Å². The van der Waals surface area contributed by atoms with Gasteiger partial charge >= 0.3 is 0 Å². The summed E-state index contributed by atoms with van der Waals surface area (Å²) in [4.78, 5) is 16.8. The van der Waals surface area contributed by atoms with Gasteiger partial charge in [-0.15, -0.1) is 0 Å². The van der Waals surface area contributed by atoms with E-state index in [1.165, 1.54) is 16.7 Å². The van der Waals surface area contributed by atoms with Gasteiger partial charge in [0.15, 0.2) is 0 Å². The monoisotopic (exact) mass is 302 g/mol. The molecule has 0 N–H and O–H groups in total. The number of carbonyl (C=O) groups is 1. The molecular formula is C18H26N2O2. The van der Waals surface area contributed by atoms with Gasteiger partial charge < -0.3 is 9.64 Å². The van der Waals surface area contributed by atoms with Crippen molar-refractivity contribution < 1.29 is 9.53 Å². The number of piperazine rings is 1. The maximum absolute atomic E-state index is 12.3. The number of aryl methyl sites for hydroxylation is 2. The SMILES string of the molecule is Cc1ccc(C)c(CN2CCN(C(=O)C3CCCO3)CC2)c1. The van der Waals surface area contributed by atoms with E-state index in [-0.39, 0.29) is 12.0 Å². The van der Waals surface area contributed by atoms with Crippen molar-refractivity contribution in [2.24, 2.45) is 0 Å². The maximum Gasteiger partial charge on any atom is 0.251 e. The summed E-state index contributed by atoms with van der Waals surface area (Å²) in [5, 5.41) is 0. The molecule has 22 heavy (non-hydrogen) atoms. The van der Waals surface area contributed by atoms with Crippen molar-refractivity contribution in [3.05, 3.63) is 34.9 Å². The first-order chi connectivity index (χ1) is 10.6. The van der Waals surface area contributed by atoms with Crippen LogP contribution in [0.15, 0.2) is 18.2 Å². The molecule has 1 atom stereocenters. The van der Waals surface area contributed by atoms with Crippen molar-refractivity contribution in [3.8, 4) is 0 Å². The summed E-state index contributed by atoms with van der Waals surface area (Å²) >= 11 is 0. The van der Waals surface area contributed by atoms with E-state index in [0.717, 1.165) is 52.2 Å². The van der Waals surface area contributed by atoms with Gasteiger partial charge in [0, 0.05) is 39.3 Å². The minimum Gasteiger partial charge on any atom is -0.368 e. The largest absolute Gasteiger partial charge is 0.368 e. The van der Waals surface area contributed by atoms with Crippen molar-refractivity contribution in [3.63, 3.8) is 0 Å². The van der Waals surface area contributed by atoms with Crippen molar-refractivity contribution in [2.75, 3.05) is 32.8 Å². The Morgan fingerprint density at radius 2 is 2.00 bits per heavy atom. The van der Waals surface area contributed by atoms with E-state index >= 15 is 0 Å². The van der Waals surface area contributed by atoms with Crippen LogP contribution in [-0.2, 0) is 16.1 Å². The highest BCUT2D eigenvalue weighted by molar-refractivity contribution is 5.81. The Kier molecular flexibility index (Phi) is 4.79. The molecule has 0 spiro atoms. The second-order valence-electron chi connectivity index (χ2n) is 6.53. The molecule has 4 heteroatoms. The molecule has 0 aromatic heterocycles. The maximum atomic E-state index is 12.3. The van der Waals surface area contributed by atoms with Gasteiger partial charge in [-0.2, -0.15) is 0 Å². The van der Waals surface area contributed by atoms with Gasteiger partial charge in [0.2, 0.25) is 0 Å². The number of benzene rings is 1. The van der Waals surface area contributed by atoms with Crippen LogP contribution in [-0.4, -0.2) is 54.6 Å². The summed E-state index contributed by atoms with van der Waals surface area (Å²) in [6.45, 7) is 9.58.